The van der Waals surface area contributed by atoms with Crippen molar-refractivity contribution in [1.29, 1.82) is 0 Å². The lowest BCUT2D eigenvalue weighted by Gasteiger charge is -2.09. The molecule has 0 saturated carbocycles. The van der Waals surface area contributed by atoms with Gasteiger partial charge in [-0.25, -0.2) is 9.97 Å². The van der Waals surface area contributed by atoms with E-state index in [1.54, 1.807) is 13.3 Å². The van der Waals surface area contributed by atoms with E-state index < -0.39 is 0 Å². The summed E-state index contributed by atoms with van der Waals surface area (Å²) in [5, 5.41) is 6.45. The molecular weight excluding hydrogens is 326 g/mol. The highest BCUT2D eigenvalue weighted by Gasteiger charge is 2.10. The van der Waals surface area contributed by atoms with Gasteiger partial charge in [0.15, 0.2) is 11.5 Å². The Morgan fingerprint density at radius 3 is 2.35 bits per heavy atom. The summed E-state index contributed by atoms with van der Waals surface area (Å²) in [5.41, 5.74) is 4.85. The second kappa shape index (κ2) is 6.76. The molecule has 0 spiro atoms. The third kappa shape index (κ3) is 2.93. The van der Waals surface area contributed by atoms with E-state index in [-0.39, 0.29) is 0 Å². The number of rotatable bonds is 5. The van der Waals surface area contributed by atoms with E-state index >= 15 is 0 Å². The Labute approximate surface area is 151 Å². The second-order valence-corrected chi connectivity index (χ2v) is 5.79. The molecule has 2 aromatic carbocycles. The molecule has 2 N–H and O–H groups in total. The molecule has 0 unspecified atom stereocenters. The SMILES string of the molecule is CNc1ccc(Nc2nccn3c(-c4ccc(OC)cc4)cnc23)cc1. The van der Waals surface area contributed by atoms with Crippen molar-refractivity contribution in [2.45, 2.75) is 0 Å². The van der Waals surface area contributed by atoms with Crippen LogP contribution >= 0.6 is 0 Å². The highest BCUT2D eigenvalue weighted by Crippen LogP contribution is 2.26. The van der Waals surface area contributed by atoms with E-state index in [0.717, 1.165) is 34.0 Å². The molecule has 0 amide bonds. The van der Waals surface area contributed by atoms with E-state index in [1.165, 1.54) is 0 Å². The van der Waals surface area contributed by atoms with Crippen molar-refractivity contribution in [3.63, 3.8) is 0 Å². The molecule has 0 fully saturated rings. The van der Waals surface area contributed by atoms with Gasteiger partial charge in [0.2, 0.25) is 0 Å². The Bertz CT molecular complexity index is 1020. The van der Waals surface area contributed by atoms with Crippen LogP contribution in [0.2, 0.25) is 0 Å². The lowest BCUT2D eigenvalue weighted by Crippen LogP contribution is -1.98. The number of aromatic nitrogens is 3. The first-order valence-electron chi connectivity index (χ1n) is 8.30. The first-order valence-corrected chi connectivity index (χ1v) is 8.30. The zero-order valence-corrected chi connectivity index (χ0v) is 14.6. The third-order valence-corrected chi connectivity index (χ3v) is 4.25. The van der Waals surface area contributed by atoms with Crippen LogP contribution in [0.4, 0.5) is 17.2 Å². The molecule has 4 aromatic rings. The fourth-order valence-corrected chi connectivity index (χ4v) is 2.84. The quantitative estimate of drug-likeness (QED) is 0.568. The molecule has 6 nitrogen and oxygen atoms in total. The molecule has 0 aliphatic heterocycles. The molecule has 0 aliphatic rings. The first-order chi connectivity index (χ1) is 12.8. The zero-order valence-electron chi connectivity index (χ0n) is 14.6. The highest BCUT2D eigenvalue weighted by atomic mass is 16.5. The lowest BCUT2D eigenvalue weighted by atomic mass is 10.1. The molecule has 6 heteroatoms. The maximum absolute atomic E-state index is 5.23. The Balaban J connectivity index is 1.69. The van der Waals surface area contributed by atoms with Gasteiger partial charge in [-0.15, -0.1) is 0 Å². The monoisotopic (exact) mass is 345 g/mol. The Kier molecular flexibility index (Phi) is 4.15. The van der Waals surface area contributed by atoms with Crippen LogP contribution in [0.15, 0.2) is 67.1 Å². The van der Waals surface area contributed by atoms with Crippen molar-refractivity contribution in [2.75, 3.05) is 24.8 Å². The Morgan fingerprint density at radius 2 is 1.65 bits per heavy atom. The molecule has 4 rings (SSSR count). The number of imidazole rings is 1. The van der Waals surface area contributed by atoms with E-state index in [2.05, 4.69) is 20.6 Å². The molecule has 0 saturated heterocycles. The van der Waals surface area contributed by atoms with Crippen LogP contribution in [0.1, 0.15) is 0 Å². The Hall–Kier alpha value is -3.54. The number of anilines is 3. The molecule has 0 bridgehead atoms. The molecule has 0 aliphatic carbocycles. The van der Waals surface area contributed by atoms with Gasteiger partial charge in [-0.2, -0.15) is 0 Å². The van der Waals surface area contributed by atoms with Crippen molar-refractivity contribution < 1.29 is 4.74 Å². The van der Waals surface area contributed by atoms with Crippen LogP contribution < -0.4 is 15.4 Å². The van der Waals surface area contributed by atoms with Crippen LogP contribution in [0.5, 0.6) is 5.75 Å². The molecule has 130 valence electrons. The minimum atomic E-state index is 0.712. The van der Waals surface area contributed by atoms with Gasteiger partial charge in [-0.05, 0) is 48.5 Å². The summed E-state index contributed by atoms with van der Waals surface area (Å²) in [5.74, 6) is 1.54. The average molecular weight is 345 g/mol. The molecule has 0 radical (unpaired) electrons. The topological polar surface area (TPSA) is 63.5 Å². The highest BCUT2D eigenvalue weighted by molar-refractivity contribution is 5.74. The van der Waals surface area contributed by atoms with Crippen molar-refractivity contribution in [3.05, 3.63) is 67.1 Å². The smallest absolute Gasteiger partial charge is 0.180 e. The summed E-state index contributed by atoms with van der Waals surface area (Å²) in [7, 11) is 3.56. The van der Waals surface area contributed by atoms with Gasteiger partial charge in [0.05, 0.1) is 19.0 Å². The molecule has 2 aromatic heterocycles. The van der Waals surface area contributed by atoms with Gasteiger partial charge in [-0.3, -0.25) is 4.40 Å². The molecule has 2 heterocycles. The van der Waals surface area contributed by atoms with Crippen molar-refractivity contribution >= 4 is 22.8 Å². The van der Waals surface area contributed by atoms with Gasteiger partial charge in [0, 0.05) is 36.4 Å². The predicted molar refractivity (Wildman–Crippen MR) is 104 cm³/mol. The fraction of sp³-hybridized carbons (Fsp3) is 0.100. The summed E-state index contributed by atoms with van der Waals surface area (Å²) >= 11 is 0. The van der Waals surface area contributed by atoms with Crippen molar-refractivity contribution in [1.82, 2.24) is 14.4 Å². The maximum atomic E-state index is 5.23. The largest absolute Gasteiger partial charge is 0.497 e. The van der Waals surface area contributed by atoms with Crippen LogP contribution in [0, 0.1) is 0 Å². The third-order valence-electron chi connectivity index (χ3n) is 4.25. The molecular formula is C20H19N5O. The Morgan fingerprint density at radius 1 is 0.923 bits per heavy atom. The first kappa shape index (κ1) is 16.0. The van der Waals surface area contributed by atoms with E-state index in [9.17, 15) is 0 Å². The van der Waals surface area contributed by atoms with Crippen molar-refractivity contribution in [2.24, 2.45) is 0 Å². The van der Waals surface area contributed by atoms with Gasteiger partial charge >= 0.3 is 0 Å². The normalized spacial score (nSPS) is 10.7. The number of nitrogens with one attached hydrogen (secondary N) is 2. The van der Waals surface area contributed by atoms with E-state index in [0.29, 0.717) is 5.82 Å². The van der Waals surface area contributed by atoms with Crippen molar-refractivity contribution in [3.8, 4) is 17.0 Å². The number of methoxy groups -OCH3 is 1. The summed E-state index contributed by atoms with van der Waals surface area (Å²) in [4.78, 5) is 9.01. The summed E-state index contributed by atoms with van der Waals surface area (Å²) in [6.45, 7) is 0. The predicted octanol–water partition coefficient (Wildman–Crippen LogP) is 4.19. The van der Waals surface area contributed by atoms with Crippen LogP contribution in [-0.4, -0.2) is 28.5 Å². The van der Waals surface area contributed by atoms with Crippen LogP contribution in [0.3, 0.4) is 0 Å². The van der Waals surface area contributed by atoms with Gasteiger partial charge in [0.1, 0.15) is 5.75 Å². The van der Waals surface area contributed by atoms with Gasteiger partial charge in [0.25, 0.3) is 0 Å². The second-order valence-electron chi connectivity index (χ2n) is 5.79. The fourth-order valence-electron chi connectivity index (χ4n) is 2.84. The van der Waals surface area contributed by atoms with E-state index in [4.69, 9.17) is 4.74 Å². The van der Waals surface area contributed by atoms with Gasteiger partial charge < -0.3 is 15.4 Å². The average Bonchev–Trinajstić information content (AvgIpc) is 3.14. The number of benzene rings is 2. The van der Waals surface area contributed by atoms with Crippen LogP contribution in [-0.2, 0) is 0 Å². The van der Waals surface area contributed by atoms with E-state index in [1.807, 2.05) is 72.4 Å². The number of nitrogens with zero attached hydrogens (tertiary/aromatic N) is 3. The summed E-state index contributed by atoms with van der Waals surface area (Å²) in [6.07, 6.45) is 5.54. The minimum absolute atomic E-state index is 0.712. The minimum Gasteiger partial charge on any atom is -0.497 e. The number of fused-ring (bicyclic) bond motifs is 1. The summed E-state index contributed by atoms with van der Waals surface area (Å²) in [6, 6.07) is 16.0. The standard InChI is InChI=1S/C20H19N5O/c1-21-15-5-7-16(8-6-15)24-19-20-23-13-18(25(20)12-11-22-19)14-3-9-17(26-2)10-4-14/h3-13,21H,1-2H3,(H,22,24). The molecule has 0 atom stereocenters. The zero-order chi connectivity index (χ0) is 17.9. The van der Waals surface area contributed by atoms with Crippen LogP contribution in [0.25, 0.3) is 16.9 Å². The summed E-state index contributed by atoms with van der Waals surface area (Å²) < 4.78 is 7.26. The lowest BCUT2D eigenvalue weighted by molar-refractivity contribution is 0.415. The number of ether oxygens (including phenoxy) is 1. The van der Waals surface area contributed by atoms with Gasteiger partial charge in [-0.1, -0.05) is 0 Å². The molecule has 26 heavy (non-hydrogen) atoms. The number of hydrogen-bond donors (Lipinski definition) is 2. The number of hydrogen-bond acceptors (Lipinski definition) is 5. The maximum Gasteiger partial charge on any atom is 0.180 e.